The Hall–Kier alpha value is -2.09. The summed E-state index contributed by atoms with van der Waals surface area (Å²) in [5.74, 6) is 1.58. The molecule has 5 rings (SSSR count). The van der Waals surface area contributed by atoms with Gasteiger partial charge in [0.05, 0.1) is 0 Å². The first-order valence-corrected chi connectivity index (χ1v) is 10.1. The van der Waals surface area contributed by atoms with Crippen molar-refractivity contribution in [2.75, 3.05) is 18.4 Å². The van der Waals surface area contributed by atoms with E-state index in [9.17, 15) is 13.2 Å². The molecule has 3 aliphatic rings. The summed E-state index contributed by atoms with van der Waals surface area (Å²) in [7, 11) is 0. The molecule has 1 saturated heterocycles. The van der Waals surface area contributed by atoms with Crippen molar-refractivity contribution in [3.05, 3.63) is 41.7 Å². The number of aromatic nitrogens is 3. The van der Waals surface area contributed by atoms with E-state index >= 15 is 0 Å². The van der Waals surface area contributed by atoms with Gasteiger partial charge >= 0.3 is 6.18 Å². The van der Waals surface area contributed by atoms with Gasteiger partial charge in [0.2, 0.25) is 5.95 Å². The maximum Gasteiger partial charge on any atom is 0.410 e. The Morgan fingerprint density at radius 1 is 1.00 bits per heavy atom. The van der Waals surface area contributed by atoms with E-state index in [1.807, 2.05) is 30.3 Å². The second kappa shape index (κ2) is 6.76. The normalized spacial score (nSPS) is 32.2. The maximum atomic E-state index is 13.6. The van der Waals surface area contributed by atoms with Gasteiger partial charge in [0.25, 0.3) is 0 Å². The standard InChI is InChI=1S/C20H24F3N5/c21-20(22,23)16-9-8-15(12-4-2-1-3-5-12)18-26-19(27-28(16)18)25-17-13-6-7-14(17)11-24-10-13/h1-5,13-17,24H,6-11H2,(H,25,27)/t13-,14+,15?,16?,17?. The molecule has 3 heterocycles. The molecule has 2 bridgehead atoms. The summed E-state index contributed by atoms with van der Waals surface area (Å²) in [6, 6.07) is 8.29. The number of hydrogen-bond donors (Lipinski definition) is 2. The van der Waals surface area contributed by atoms with Crippen molar-refractivity contribution in [1.82, 2.24) is 20.1 Å². The molecule has 2 aromatic rings. The van der Waals surface area contributed by atoms with Crippen molar-refractivity contribution < 1.29 is 13.2 Å². The Morgan fingerprint density at radius 2 is 1.71 bits per heavy atom. The highest BCUT2D eigenvalue weighted by molar-refractivity contribution is 5.33. The highest BCUT2D eigenvalue weighted by Gasteiger charge is 2.47. The van der Waals surface area contributed by atoms with Crippen LogP contribution in [0.25, 0.3) is 0 Å². The van der Waals surface area contributed by atoms with Gasteiger partial charge < -0.3 is 10.6 Å². The van der Waals surface area contributed by atoms with Gasteiger partial charge in [-0.3, -0.25) is 0 Å². The van der Waals surface area contributed by atoms with Gasteiger partial charge in [-0.1, -0.05) is 30.3 Å². The maximum absolute atomic E-state index is 13.6. The molecule has 2 aliphatic heterocycles. The summed E-state index contributed by atoms with van der Waals surface area (Å²) < 4.78 is 42.0. The van der Waals surface area contributed by atoms with Gasteiger partial charge in [0, 0.05) is 12.0 Å². The Bertz CT molecular complexity index is 818. The third-order valence-corrected chi connectivity index (χ3v) is 6.61. The lowest BCUT2D eigenvalue weighted by Gasteiger charge is -2.31. The summed E-state index contributed by atoms with van der Waals surface area (Å²) in [6.07, 6.45) is -1.60. The number of rotatable bonds is 3. The average Bonchev–Trinajstić information content (AvgIpc) is 3.17. The summed E-state index contributed by atoms with van der Waals surface area (Å²) >= 11 is 0. The minimum atomic E-state index is -4.32. The number of halogens is 3. The first-order valence-electron chi connectivity index (χ1n) is 10.1. The molecule has 150 valence electrons. The van der Waals surface area contributed by atoms with Crippen LogP contribution >= 0.6 is 0 Å². The van der Waals surface area contributed by atoms with Gasteiger partial charge in [0.1, 0.15) is 11.9 Å². The van der Waals surface area contributed by atoms with Crippen molar-refractivity contribution in [1.29, 1.82) is 0 Å². The zero-order valence-electron chi connectivity index (χ0n) is 15.5. The molecule has 5 atom stereocenters. The van der Waals surface area contributed by atoms with Crippen molar-refractivity contribution in [2.24, 2.45) is 11.8 Å². The number of anilines is 1. The van der Waals surface area contributed by atoms with Crippen molar-refractivity contribution >= 4 is 5.95 Å². The molecule has 28 heavy (non-hydrogen) atoms. The number of benzene rings is 1. The number of hydrogen-bond acceptors (Lipinski definition) is 4. The fourth-order valence-electron chi connectivity index (χ4n) is 5.21. The summed E-state index contributed by atoms with van der Waals surface area (Å²) in [6.45, 7) is 1.89. The molecule has 1 saturated carbocycles. The zero-order chi connectivity index (χ0) is 19.3. The second-order valence-electron chi connectivity index (χ2n) is 8.26. The van der Waals surface area contributed by atoms with Crippen LogP contribution in [0.3, 0.4) is 0 Å². The van der Waals surface area contributed by atoms with E-state index in [2.05, 4.69) is 20.7 Å². The molecule has 5 nitrogen and oxygen atoms in total. The molecule has 1 aromatic heterocycles. The average molecular weight is 391 g/mol. The van der Waals surface area contributed by atoms with E-state index in [0.717, 1.165) is 36.2 Å². The Balaban J connectivity index is 1.49. The molecule has 0 radical (unpaired) electrons. The molecule has 0 amide bonds. The number of fused-ring (bicyclic) bond motifs is 3. The molecule has 2 fully saturated rings. The van der Waals surface area contributed by atoms with Gasteiger partial charge in [-0.2, -0.15) is 18.2 Å². The predicted molar refractivity (Wildman–Crippen MR) is 99.1 cm³/mol. The van der Waals surface area contributed by atoms with Crippen LogP contribution in [-0.4, -0.2) is 40.1 Å². The summed E-state index contributed by atoms with van der Waals surface area (Å²) in [5, 5.41) is 11.1. The summed E-state index contributed by atoms with van der Waals surface area (Å²) in [5.41, 5.74) is 0.991. The lowest BCUT2D eigenvalue weighted by molar-refractivity contribution is -0.175. The number of piperidine rings is 1. The smallest absolute Gasteiger partial charge is 0.350 e. The molecule has 2 N–H and O–H groups in total. The fraction of sp³-hybridized carbons (Fsp3) is 0.600. The van der Waals surface area contributed by atoms with E-state index in [0.29, 0.717) is 30.0 Å². The van der Waals surface area contributed by atoms with E-state index in [1.54, 1.807) is 0 Å². The second-order valence-corrected chi connectivity index (χ2v) is 8.26. The summed E-state index contributed by atoms with van der Waals surface area (Å²) in [4.78, 5) is 4.58. The number of nitrogens with one attached hydrogen (secondary N) is 2. The van der Waals surface area contributed by atoms with Crippen LogP contribution in [0.5, 0.6) is 0 Å². The fourth-order valence-corrected chi connectivity index (χ4v) is 5.21. The van der Waals surface area contributed by atoms with E-state index in [4.69, 9.17) is 0 Å². The third-order valence-electron chi connectivity index (χ3n) is 6.61. The van der Waals surface area contributed by atoms with Gasteiger partial charge in [-0.15, -0.1) is 5.10 Å². The Morgan fingerprint density at radius 3 is 2.39 bits per heavy atom. The van der Waals surface area contributed by atoms with Crippen molar-refractivity contribution in [3.8, 4) is 0 Å². The minimum absolute atomic E-state index is 0.0253. The molecule has 3 unspecified atom stereocenters. The SMILES string of the molecule is FC(F)(F)C1CCC(c2ccccc2)c2nc(NC3[C@@H]4CC[C@H]3CNC4)nn21. The van der Waals surface area contributed by atoms with E-state index in [1.165, 1.54) is 0 Å². The van der Waals surface area contributed by atoms with Crippen LogP contribution in [0.4, 0.5) is 19.1 Å². The van der Waals surface area contributed by atoms with Crippen LogP contribution in [-0.2, 0) is 0 Å². The van der Waals surface area contributed by atoms with Crippen molar-refractivity contribution in [2.45, 2.75) is 49.9 Å². The Labute approximate surface area is 161 Å². The predicted octanol–water partition coefficient (Wildman–Crippen LogP) is 3.72. The Kier molecular flexibility index (Phi) is 4.34. The first-order chi connectivity index (χ1) is 13.5. The highest BCUT2D eigenvalue weighted by atomic mass is 19.4. The van der Waals surface area contributed by atoms with Crippen molar-refractivity contribution in [3.63, 3.8) is 0 Å². The van der Waals surface area contributed by atoms with Crippen LogP contribution in [0.2, 0.25) is 0 Å². The minimum Gasteiger partial charge on any atom is -0.350 e. The largest absolute Gasteiger partial charge is 0.410 e. The molecule has 1 aliphatic carbocycles. The van der Waals surface area contributed by atoms with Gasteiger partial charge in [-0.25, -0.2) is 4.68 Å². The number of alkyl halides is 3. The van der Waals surface area contributed by atoms with E-state index in [-0.39, 0.29) is 18.4 Å². The van der Waals surface area contributed by atoms with Crippen LogP contribution in [0, 0.1) is 11.8 Å². The monoisotopic (exact) mass is 391 g/mol. The van der Waals surface area contributed by atoms with Crippen LogP contribution in [0.15, 0.2) is 30.3 Å². The van der Waals surface area contributed by atoms with Crippen LogP contribution in [0.1, 0.15) is 49.0 Å². The molecule has 0 spiro atoms. The third kappa shape index (κ3) is 3.07. The topological polar surface area (TPSA) is 54.8 Å². The van der Waals surface area contributed by atoms with Gasteiger partial charge in [-0.05, 0) is 56.2 Å². The highest BCUT2D eigenvalue weighted by Crippen LogP contribution is 2.44. The quantitative estimate of drug-likeness (QED) is 0.838. The molecule has 1 aromatic carbocycles. The molecular formula is C20H24F3N5. The van der Waals surface area contributed by atoms with E-state index < -0.39 is 12.2 Å². The lowest BCUT2D eigenvalue weighted by atomic mass is 9.88. The van der Waals surface area contributed by atoms with Crippen LogP contribution < -0.4 is 10.6 Å². The lowest BCUT2D eigenvalue weighted by Crippen LogP contribution is -2.45. The molecule has 8 heteroatoms. The molecular weight excluding hydrogens is 367 g/mol. The first kappa shape index (κ1) is 18.0. The van der Waals surface area contributed by atoms with Gasteiger partial charge in [0.15, 0.2) is 0 Å². The zero-order valence-corrected chi connectivity index (χ0v) is 15.5. The number of nitrogens with zero attached hydrogens (tertiary/aromatic N) is 3.